The summed E-state index contributed by atoms with van der Waals surface area (Å²) < 4.78 is 0. The van der Waals surface area contributed by atoms with Crippen LogP contribution < -0.4 is 0 Å². The minimum Gasteiger partial charge on any atom is -0.481 e. The van der Waals surface area contributed by atoms with Crippen LogP contribution >= 0.6 is 0 Å². The lowest BCUT2D eigenvalue weighted by atomic mass is 9.83. The second kappa shape index (κ2) is 19.0. The minimum absolute atomic E-state index is 0.336. The highest BCUT2D eigenvalue weighted by atomic mass is 16.4. The highest BCUT2D eigenvalue weighted by Crippen LogP contribution is 2.47. The van der Waals surface area contributed by atoms with Crippen molar-refractivity contribution in [2.75, 3.05) is 0 Å². The molecule has 0 saturated heterocycles. The summed E-state index contributed by atoms with van der Waals surface area (Å²) in [6, 6.07) is 0. The van der Waals surface area contributed by atoms with Gasteiger partial charge in [0.05, 0.1) is 0 Å². The van der Waals surface area contributed by atoms with Crippen LogP contribution in [-0.4, -0.2) is 11.1 Å². The smallest absolute Gasteiger partial charge is 0.303 e. The fourth-order valence-corrected chi connectivity index (χ4v) is 9.64. The maximum absolute atomic E-state index is 10.9. The van der Waals surface area contributed by atoms with Crippen LogP contribution in [0.25, 0.3) is 0 Å². The summed E-state index contributed by atoms with van der Waals surface area (Å²) >= 11 is 0. The van der Waals surface area contributed by atoms with Crippen LogP contribution in [0.5, 0.6) is 0 Å². The van der Waals surface area contributed by atoms with Crippen LogP contribution in [-0.2, 0) is 4.79 Å². The number of carboxylic acid groups (broad SMARTS) is 1. The van der Waals surface area contributed by atoms with Crippen molar-refractivity contribution < 1.29 is 9.90 Å². The van der Waals surface area contributed by atoms with Gasteiger partial charge in [-0.2, -0.15) is 0 Å². The van der Waals surface area contributed by atoms with E-state index < -0.39 is 5.97 Å². The maximum atomic E-state index is 10.9. The van der Waals surface area contributed by atoms with Gasteiger partial charge in [-0.1, -0.05) is 137 Å². The van der Waals surface area contributed by atoms with E-state index in [0.29, 0.717) is 12.3 Å². The normalized spacial score (nSPS) is 31.3. The SMILES string of the molecule is CCC(CCCC(C)C1CCC(C2CCC(C)C2)C1)CCC(C)CCCCC1CCC(CCCC(C)CC(=O)O)C1. The van der Waals surface area contributed by atoms with E-state index >= 15 is 0 Å². The highest BCUT2D eigenvalue weighted by Gasteiger charge is 2.36. The third-order valence-electron chi connectivity index (χ3n) is 12.7. The monoisotopic (exact) mass is 573 g/mol. The number of hydrogen-bond acceptors (Lipinski definition) is 1. The van der Waals surface area contributed by atoms with E-state index in [9.17, 15) is 4.79 Å². The Morgan fingerprint density at radius 2 is 1.37 bits per heavy atom. The highest BCUT2D eigenvalue weighted by molar-refractivity contribution is 5.66. The molecule has 10 unspecified atom stereocenters. The van der Waals surface area contributed by atoms with Crippen molar-refractivity contribution in [3.8, 4) is 0 Å². The third-order valence-corrected chi connectivity index (χ3v) is 12.7. The number of unbranched alkanes of at least 4 members (excludes halogenated alkanes) is 1. The molecule has 1 N–H and O–H groups in total. The second-order valence-electron chi connectivity index (χ2n) is 16.3. The molecule has 3 aliphatic rings. The first-order valence-corrected chi connectivity index (χ1v) is 18.9. The van der Waals surface area contributed by atoms with Crippen molar-refractivity contribution >= 4 is 5.97 Å². The Hall–Kier alpha value is -0.530. The Labute approximate surface area is 257 Å². The van der Waals surface area contributed by atoms with Crippen molar-refractivity contribution in [1.29, 1.82) is 0 Å². The predicted octanol–water partition coefficient (Wildman–Crippen LogP) is 12.3. The molecular weight excluding hydrogens is 500 g/mol. The van der Waals surface area contributed by atoms with Gasteiger partial charge in [0.15, 0.2) is 0 Å². The van der Waals surface area contributed by atoms with Gasteiger partial charge in [0.1, 0.15) is 0 Å². The molecule has 0 bridgehead atoms. The minimum atomic E-state index is -0.640. The molecule has 2 nitrogen and oxygen atoms in total. The predicted molar refractivity (Wildman–Crippen MR) is 177 cm³/mol. The van der Waals surface area contributed by atoms with E-state index in [1.807, 2.05) is 0 Å². The number of hydrogen-bond donors (Lipinski definition) is 1. The summed E-state index contributed by atoms with van der Waals surface area (Å²) in [6.07, 6.45) is 32.0. The first-order valence-electron chi connectivity index (χ1n) is 18.9. The molecule has 0 spiro atoms. The van der Waals surface area contributed by atoms with E-state index in [2.05, 4.69) is 34.6 Å². The van der Waals surface area contributed by atoms with E-state index in [0.717, 1.165) is 59.7 Å². The average Bonchev–Trinajstić information content (AvgIpc) is 3.69. The van der Waals surface area contributed by atoms with E-state index in [-0.39, 0.29) is 0 Å². The standard InChI is InChI=1S/C39H72O2/c1-6-33(15-10-13-32(5)36-23-24-38(28-36)37-22-18-31(4)25-37)19-17-29(2)11-7-8-14-34-20-21-35(27-34)16-9-12-30(3)26-39(40)41/h29-38H,6-28H2,1-5H3,(H,40,41). The molecule has 0 heterocycles. The molecular formula is C39H72O2. The Balaban J connectivity index is 1.17. The van der Waals surface area contributed by atoms with Crippen molar-refractivity contribution in [2.24, 2.45) is 59.2 Å². The summed E-state index contributed by atoms with van der Waals surface area (Å²) in [6.45, 7) is 12.1. The zero-order chi connectivity index (χ0) is 29.6. The van der Waals surface area contributed by atoms with Crippen LogP contribution in [0.4, 0.5) is 0 Å². The van der Waals surface area contributed by atoms with Gasteiger partial charge in [0, 0.05) is 6.42 Å². The molecule has 41 heavy (non-hydrogen) atoms. The quantitative estimate of drug-likeness (QED) is 0.139. The van der Waals surface area contributed by atoms with Gasteiger partial charge in [-0.15, -0.1) is 0 Å². The Morgan fingerprint density at radius 3 is 2.05 bits per heavy atom. The van der Waals surface area contributed by atoms with Crippen LogP contribution in [0.15, 0.2) is 0 Å². The van der Waals surface area contributed by atoms with Gasteiger partial charge in [0.25, 0.3) is 0 Å². The van der Waals surface area contributed by atoms with Crippen LogP contribution in [0.2, 0.25) is 0 Å². The summed E-state index contributed by atoms with van der Waals surface area (Å²) in [5.74, 6) is 8.59. The van der Waals surface area contributed by atoms with Crippen LogP contribution in [0.1, 0.15) is 182 Å². The van der Waals surface area contributed by atoms with E-state index in [1.54, 1.807) is 12.8 Å². The van der Waals surface area contributed by atoms with Gasteiger partial charge in [0.2, 0.25) is 0 Å². The van der Waals surface area contributed by atoms with Gasteiger partial charge in [-0.3, -0.25) is 4.79 Å². The lowest BCUT2D eigenvalue weighted by Crippen LogP contribution is -2.12. The Kier molecular flexibility index (Phi) is 16.2. The summed E-state index contributed by atoms with van der Waals surface area (Å²) in [5.41, 5.74) is 0. The number of carbonyl (C=O) groups is 1. The molecule has 0 amide bonds. The van der Waals surface area contributed by atoms with Crippen molar-refractivity contribution in [3.05, 3.63) is 0 Å². The molecule has 3 fully saturated rings. The molecule has 240 valence electrons. The first-order chi connectivity index (χ1) is 19.7. The third kappa shape index (κ3) is 13.3. The number of carboxylic acids is 1. The Morgan fingerprint density at radius 1 is 0.683 bits per heavy atom. The van der Waals surface area contributed by atoms with Gasteiger partial charge < -0.3 is 5.11 Å². The molecule has 0 aromatic heterocycles. The fraction of sp³-hybridized carbons (Fsp3) is 0.974. The van der Waals surface area contributed by atoms with Crippen molar-refractivity contribution in [3.63, 3.8) is 0 Å². The zero-order valence-electron chi connectivity index (χ0n) is 28.4. The van der Waals surface area contributed by atoms with Crippen molar-refractivity contribution in [1.82, 2.24) is 0 Å². The molecule has 0 aromatic rings. The zero-order valence-corrected chi connectivity index (χ0v) is 28.4. The summed E-state index contributed by atoms with van der Waals surface area (Å²) in [7, 11) is 0. The van der Waals surface area contributed by atoms with Crippen molar-refractivity contribution in [2.45, 2.75) is 182 Å². The second-order valence-corrected chi connectivity index (χ2v) is 16.3. The average molecular weight is 573 g/mol. The molecule has 2 heteroatoms. The molecule has 0 radical (unpaired) electrons. The van der Waals surface area contributed by atoms with Gasteiger partial charge in [-0.05, 0) is 97.7 Å². The molecule has 3 rings (SSSR count). The first kappa shape index (κ1) is 35.0. The van der Waals surface area contributed by atoms with E-state index in [1.165, 1.54) is 122 Å². The molecule has 10 atom stereocenters. The Bertz CT molecular complexity index is 702. The number of aliphatic carboxylic acids is 1. The summed E-state index contributed by atoms with van der Waals surface area (Å²) in [5, 5.41) is 8.95. The van der Waals surface area contributed by atoms with Crippen LogP contribution in [0, 0.1) is 59.2 Å². The molecule has 3 aliphatic carbocycles. The fourth-order valence-electron chi connectivity index (χ4n) is 9.64. The topological polar surface area (TPSA) is 37.3 Å². The van der Waals surface area contributed by atoms with Gasteiger partial charge >= 0.3 is 5.97 Å². The molecule has 3 saturated carbocycles. The lowest BCUT2D eigenvalue weighted by molar-refractivity contribution is -0.138. The number of rotatable bonds is 21. The van der Waals surface area contributed by atoms with E-state index in [4.69, 9.17) is 5.11 Å². The molecule has 0 aliphatic heterocycles. The largest absolute Gasteiger partial charge is 0.481 e. The molecule has 0 aromatic carbocycles. The lowest BCUT2D eigenvalue weighted by Gasteiger charge is -2.23. The van der Waals surface area contributed by atoms with Crippen LogP contribution in [0.3, 0.4) is 0 Å². The maximum Gasteiger partial charge on any atom is 0.303 e. The van der Waals surface area contributed by atoms with Gasteiger partial charge in [-0.25, -0.2) is 0 Å². The summed E-state index contributed by atoms with van der Waals surface area (Å²) in [4.78, 5) is 10.9.